The molecule has 0 saturated carbocycles. The lowest BCUT2D eigenvalue weighted by molar-refractivity contribution is -0.143. The number of hydrogen-bond acceptors (Lipinski definition) is 4. The molecular weight excluding hydrogens is 284 g/mol. The van der Waals surface area contributed by atoms with Crippen LogP contribution in [0.3, 0.4) is 0 Å². The molecule has 118 valence electrons. The first-order chi connectivity index (χ1) is 10.6. The van der Waals surface area contributed by atoms with Crippen molar-refractivity contribution in [3.8, 4) is 0 Å². The minimum absolute atomic E-state index is 0.0415. The Morgan fingerprint density at radius 2 is 2.09 bits per heavy atom. The smallest absolute Gasteiger partial charge is 0.408 e. The standard InChI is InChI=1S/C16H20N2O4/c1-11-10-21-12(2)9-18(11)15(19)7-8-17-13-5-3-4-6-14(13)22-16(17)20/h3-6,11-12H,7-10H2,1-2H3/t11-,12+/m1/s1. The number of oxazole rings is 1. The lowest BCUT2D eigenvalue weighted by Gasteiger charge is -2.36. The summed E-state index contributed by atoms with van der Waals surface area (Å²) in [6, 6.07) is 7.31. The van der Waals surface area contributed by atoms with E-state index in [1.54, 1.807) is 6.07 Å². The van der Waals surface area contributed by atoms with E-state index in [1.165, 1.54) is 4.57 Å². The number of nitrogens with zero attached hydrogens (tertiary/aromatic N) is 2. The van der Waals surface area contributed by atoms with Crippen LogP contribution in [0.4, 0.5) is 0 Å². The van der Waals surface area contributed by atoms with Crippen LogP contribution in [0.2, 0.25) is 0 Å². The largest absolute Gasteiger partial charge is 0.419 e. The zero-order valence-electron chi connectivity index (χ0n) is 12.8. The van der Waals surface area contributed by atoms with Gasteiger partial charge in [0.25, 0.3) is 0 Å². The van der Waals surface area contributed by atoms with Gasteiger partial charge in [-0.05, 0) is 26.0 Å². The SMILES string of the molecule is C[C@@H]1CO[C@@H](C)CN1C(=O)CCn1c(=O)oc2ccccc21. The van der Waals surface area contributed by atoms with Crippen LogP contribution in [-0.4, -0.2) is 40.7 Å². The van der Waals surface area contributed by atoms with Crippen LogP contribution in [0.5, 0.6) is 0 Å². The highest BCUT2D eigenvalue weighted by Gasteiger charge is 2.27. The topological polar surface area (TPSA) is 64.7 Å². The molecule has 1 amide bonds. The van der Waals surface area contributed by atoms with Crippen molar-refractivity contribution in [2.24, 2.45) is 0 Å². The predicted molar refractivity (Wildman–Crippen MR) is 81.7 cm³/mol. The molecular formula is C16H20N2O4. The number of hydrogen-bond donors (Lipinski definition) is 0. The van der Waals surface area contributed by atoms with Crippen LogP contribution in [0.1, 0.15) is 20.3 Å². The zero-order valence-corrected chi connectivity index (χ0v) is 12.8. The lowest BCUT2D eigenvalue weighted by Crippen LogP contribution is -2.50. The van der Waals surface area contributed by atoms with Crippen molar-refractivity contribution in [2.75, 3.05) is 13.2 Å². The number of benzene rings is 1. The minimum atomic E-state index is -0.419. The monoisotopic (exact) mass is 304 g/mol. The summed E-state index contributed by atoms with van der Waals surface area (Å²) in [6.07, 6.45) is 0.332. The molecule has 2 heterocycles. The number of carbonyl (C=O) groups is 1. The van der Waals surface area contributed by atoms with Crippen LogP contribution in [0.25, 0.3) is 11.1 Å². The summed E-state index contributed by atoms with van der Waals surface area (Å²) >= 11 is 0. The van der Waals surface area contributed by atoms with Gasteiger partial charge >= 0.3 is 5.76 Å². The highest BCUT2D eigenvalue weighted by molar-refractivity contribution is 5.77. The van der Waals surface area contributed by atoms with Crippen molar-refractivity contribution >= 4 is 17.0 Å². The molecule has 1 aromatic carbocycles. The molecule has 2 aromatic rings. The predicted octanol–water partition coefficient (Wildman–Crippen LogP) is 1.62. The highest BCUT2D eigenvalue weighted by atomic mass is 16.5. The molecule has 0 unspecified atom stereocenters. The van der Waals surface area contributed by atoms with Crippen LogP contribution >= 0.6 is 0 Å². The maximum Gasteiger partial charge on any atom is 0.419 e. The maximum absolute atomic E-state index is 12.4. The quantitative estimate of drug-likeness (QED) is 0.864. The van der Waals surface area contributed by atoms with E-state index in [-0.39, 0.29) is 24.5 Å². The molecule has 6 nitrogen and oxygen atoms in total. The molecule has 1 aromatic heterocycles. The third-order valence-corrected chi connectivity index (χ3v) is 4.05. The van der Waals surface area contributed by atoms with Gasteiger partial charge < -0.3 is 14.1 Å². The Morgan fingerprint density at radius 1 is 1.32 bits per heavy atom. The van der Waals surface area contributed by atoms with E-state index < -0.39 is 5.76 Å². The average molecular weight is 304 g/mol. The molecule has 3 rings (SSSR count). The van der Waals surface area contributed by atoms with Gasteiger partial charge in [-0.3, -0.25) is 9.36 Å². The van der Waals surface area contributed by atoms with Gasteiger partial charge in [-0.25, -0.2) is 4.79 Å². The lowest BCUT2D eigenvalue weighted by atomic mass is 10.2. The van der Waals surface area contributed by atoms with E-state index in [1.807, 2.05) is 36.9 Å². The Kier molecular flexibility index (Phi) is 4.02. The summed E-state index contributed by atoms with van der Waals surface area (Å²) in [5, 5.41) is 0. The molecule has 0 radical (unpaired) electrons. The fourth-order valence-corrected chi connectivity index (χ4v) is 2.83. The second kappa shape index (κ2) is 5.96. The second-order valence-corrected chi connectivity index (χ2v) is 5.78. The Labute approximate surface area is 128 Å². The van der Waals surface area contributed by atoms with E-state index in [4.69, 9.17) is 9.15 Å². The zero-order chi connectivity index (χ0) is 15.7. The number of fused-ring (bicyclic) bond motifs is 1. The number of ether oxygens (including phenoxy) is 1. The van der Waals surface area contributed by atoms with E-state index in [0.717, 1.165) is 5.52 Å². The van der Waals surface area contributed by atoms with Gasteiger partial charge in [-0.1, -0.05) is 12.1 Å². The van der Waals surface area contributed by atoms with Gasteiger partial charge in [0.05, 0.1) is 24.3 Å². The minimum Gasteiger partial charge on any atom is -0.408 e. The Hall–Kier alpha value is -2.08. The van der Waals surface area contributed by atoms with Crippen molar-refractivity contribution < 1.29 is 13.9 Å². The summed E-state index contributed by atoms with van der Waals surface area (Å²) < 4.78 is 12.2. The molecule has 0 spiro atoms. The summed E-state index contributed by atoms with van der Waals surface area (Å²) in [5.41, 5.74) is 1.28. The van der Waals surface area contributed by atoms with Crippen LogP contribution in [-0.2, 0) is 16.1 Å². The first-order valence-corrected chi connectivity index (χ1v) is 7.55. The van der Waals surface area contributed by atoms with Crippen LogP contribution in [0.15, 0.2) is 33.5 Å². The Balaban J connectivity index is 1.72. The number of rotatable bonds is 3. The number of para-hydroxylation sites is 2. The van der Waals surface area contributed by atoms with E-state index in [2.05, 4.69) is 0 Å². The normalized spacial score (nSPS) is 22.2. The van der Waals surface area contributed by atoms with Crippen molar-refractivity contribution in [1.82, 2.24) is 9.47 Å². The number of aromatic nitrogens is 1. The third kappa shape index (κ3) is 2.78. The summed E-state index contributed by atoms with van der Waals surface area (Å²) in [7, 11) is 0. The molecule has 1 saturated heterocycles. The molecule has 0 N–H and O–H groups in total. The van der Waals surface area contributed by atoms with Gasteiger partial charge in [0.1, 0.15) is 0 Å². The molecule has 2 atom stereocenters. The summed E-state index contributed by atoms with van der Waals surface area (Å²) in [5.74, 6) is -0.378. The second-order valence-electron chi connectivity index (χ2n) is 5.78. The first kappa shape index (κ1) is 14.8. The number of amides is 1. The maximum atomic E-state index is 12.4. The van der Waals surface area contributed by atoms with Gasteiger partial charge in [-0.2, -0.15) is 0 Å². The first-order valence-electron chi connectivity index (χ1n) is 7.55. The third-order valence-electron chi connectivity index (χ3n) is 4.05. The summed E-state index contributed by atoms with van der Waals surface area (Å²) in [4.78, 5) is 26.2. The number of aryl methyl sites for hydroxylation is 1. The van der Waals surface area contributed by atoms with Gasteiger partial charge in [-0.15, -0.1) is 0 Å². The van der Waals surface area contributed by atoms with Gasteiger partial charge in [0.15, 0.2) is 5.58 Å². The van der Waals surface area contributed by atoms with Crippen molar-refractivity contribution in [1.29, 1.82) is 0 Å². The van der Waals surface area contributed by atoms with Gasteiger partial charge in [0.2, 0.25) is 5.91 Å². The fraction of sp³-hybridized carbons (Fsp3) is 0.500. The van der Waals surface area contributed by atoms with Crippen LogP contribution in [0, 0.1) is 0 Å². The van der Waals surface area contributed by atoms with Gasteiger partial charge in [0, 0.05) is 19.5 Å². The molecule has 1 fully saturated rings. The van der Waals surface area contributed by atoms with Crippen molar-refractivity contribution in [3.05, 3.63) is 34.8 Å². The van der Waals surface area contributed by atoms with E-state index in [9.17, 15) is 9.59 Å². The van der Waals surface area contributed by atoms with Crippen LogP contribution < -0.4 is 5.76 Å². The molecule has 22 heavy (non-hydrogen) atoms. The summed E-state index contributed by atoms with van der Waals surface area (Å²) in [6.45, 7) is 5.42. The molecule has 0 aliphatic carbocycles. The molecule has 0 bridgehead atoms. The molecule has 1 aliphatic rings. The van der Waals surface area contributed by atoms with E-state index in [0.29, 0.717) is 25.3 Å². The Morgan fingerprint density at radius 3 is 2.91 bits per heavy atom. The number of morpholine rings is 1. The Bertz CT molecular complexity index is 733. The molecule has 6 heteroatoms. The number of carbonyl (C=O) groups excluding carboxylic acids is 1. The van der Waals surface area contributed by atoms with E-state index >= 15 is 0 Å². The fourth-order valence-electron chi connectivity index (χ4n) is 2.83. The van der Waals surface area contributed by atoms with Crippen molar-refractivity contribution in [3.63, 3.8) is 0 Å². The average Bonchev–Trinajstić information content (AvgIpc) is 2.82. The highest BCUT2D eigenvalue weighted by Crippen LogP contribution is 2.15. The van der Waals surface area contributed by atoms with Crippen molar-refractivity contribution in [2.45, 2.75) is 39.0 Å². The molecule has 1 aliphatic heterocycles.